The summed E-state index contributed by atoms with van der Waals surface area (Å²) in [5.41, 5.74) is 7.20. The molecule has 2 saturated heterocycles. The molecule has 3 rings (SSSR count). The maximum Gasteiger partial charge on any atom is 0.141 e. The summed E-state index contributed by atoms with van der Waals surface area (Å²) in [4.78, 5) is 2.56. The van der Waals surface area contributed by atoms with Crippen molar-refractivity contribution in [3.8, 4) is 0 Å². The Morgan fingerprint density at radius 2 is 1.95 bits per heavy atom. The molecule has 0 spiro atoms. The van der Waals surface area contributed by atoms with Gasteiger partial charge < -0.3 is 5.73 Å². The Kier molecular flexibility index (Phi) is 3.54. The molecule has 2 nitrogen and oxygen atoms in total. The molecule has 19 heavy (non-hydrogen) atoms. The number of rotatable bonds is 2. The van der Waals surface area contributed by atoms with Crippen LogP contribution in [-0.4, -0.2) is 23.0 Å². The van der Waals surface area contributed by atoms with Crippen molar-refractivity contribution < 1.29 is 4.39 Å². The molecule has 2 heterocycles. The van der Waals surface area contributed by atoms with Gasteiger partial charge in [0.25, 0.3) is 0 Å². The van der Waals surface area contributed by atoms with Crippen molar-refractivity contribution in [2.45, 2.75) is 56.8 Å². The van der Waals surface area contributed by atoms with E-state index in [0.29, 0.717) is 18.1 Å². The summed E-state index contributed by atoms with van der Waals surface area (Å²) in [6.45, 7) is 2.19. The molecule has 1 aromatic rings. The van der Waals surface area contributed by atoms with Crippen LogP contribution in [-0.2, 0) is 0 Å². The molecule has 2 N–H and O–H groups in total. The Balaban J connectivity index is 1.84. The van der Waals surface area contributed by atoms with Gasteiger partial charge in [-0.15, -0.1) is 0 Å². The quantitative estimate of drug-likeness (QED) is 0.900. The average molecular weight is 283 g/mol. The fourth-order valence-corrected chi connectivity index (χ4v) is 4.02. The van der Waals surface area contributed by atoms with Gasteiger partial charge in [-0.25, -0.2) is 4.39 Å². The molecule has 1 aromatic carbocycles. The first-order chi connectivity index (χ1) is 9.06. The van der Waals surface area contributed by atoms with Crippen molar-refractivity contribution in [2.24, 2.45) is 5.73 Å². The van der Waals surface area contributed by atoms with Gasteiger partial charge in [-0.3, -0.25) is 4.90 Å². The molecular formula is C15H20ClFN2. The van der Waals surface area contributed by atoms with Crippen LogP contribution in [0.5, 0.6) is 0 Å². The van der Waals surface area contributed by atoms with Gasteiger partial charge in [0.05, 0.1) is 5.02 Å². The van der Waals surface area contributed by atoms with Gasteiger partial charge in [-0.2, -0.15) is 0 Å². The van der Waals surface area contributed by atoms with Crippen LogP contribution in [0, 0.1) is 5.82 Å². The van der Waals surface area contributed by atoms with E-state index in [1.165, 1.54) is 18.9 Å². The number of halogens is 2. The van der Waals surface area contributed by atoms with Crippen molar-refractivity contribution in [2.75, 3.05) is 0 Å². The van der Waals surface area contributed by atoms with Crippen LogP contribution < -0.4 is 5.73 Å². The second-order valence-electron chi connectivity index (χ2n) is 5.91. The Bertz CT molecular complexity index is 465. The molecule has 3 unspecified atom stereocenters. The van der Waals surface area contributed by atoms with Crippen LogP contribution in [0.2, 0.25) is 5.02 Å². The van der Waals surface area contributed by atoms with Crippen LogP contribution in [0.4, 0.5) is 4.39 Å². The molecule has 104 valence electrons. The lowest BCUT2D eigenvalue weighted by molar-refractivity contribution is 0.0854. The predicted molar refractivity (Wildman–Crippen MR) is 75.7 cm³/mol. The number of nitrogens with zero attached hydrogens (tertiary/aromatic N) is 1. The van der Waals surface area contributed by atoms with E-state index in [1.54, 1.807) is 6.07 Å². The molecule has 0 radical (unpaired) electrons. The lowest BCUT2D eigenvalue weighted by Crippen LogP contribution is -2.48. The highest BCUT2D eigenvalue weighted by molar-refractivity contribution is 6.30. The third-order valence-corrected chi connectivity index (χ3v) is 4.99. The highest BCUT2D eigenvalue weighted by atomic mass is 35.5. The van der Waals surface area contributed by atoms with Crippen LogP contribution >= 0.6 is 11.6 Å². The molecule has 4 heteroatoms. The van der Waals surface area contributed by atoms with Gasteiger partial charge in [0, 0.05) is 24.2 Å². The molecular weight excluding hydrogens is 263 g/mol. The van der Waals surface area contributed by atoms with Crippen molar-refractivity contribution in [3.05, 3.63) is 34.6 Å². The zero-order valence-corrected chi connectivity index (χ0v) is 11.9. The van der Waals surface area contributed by atoms with E-state index in [4.69, 9.17) is 17.3 Å². The summed E-state index contributed by atoms with van der Waals surface area (Å²) in [6, 6.07) is 6.85. The van der Waals surface area contributed by atoms with E-state index < -0.39 is 0 Å². The fraction of sp³-hybridized carbons (Fsp3) is 0.600. The van der Waals surface area contributed by atoms with E-state index in [2.05, 4.69) is 11.8 Å². The number of piperidine rings is 1. The summed E-state index contributed by atoms with van der Waals surface area (Å²) in [7, 11) is 0. The predicted octanol–water partition coefficient (Wildman–Crippen LogP) is 3.49. The number of fused-ring (bicyclic) bond motifs is 2. The minimum Gasteiger partial charge on any atom is -0.328 e. The Labute approximate surface area is 118 Å². The molecule has 2 fully saturated rings. The molecule has 2 aliphatic heterocycles. The molecule has 3 atom stereocenters. The van der Waals surface area contributed by atoms with Gasteiger partial charge in [-0.1, -0.05) is 17.7 Å². The lowest BCUT2D eigenvalue weighted by atomic mass is 9.94. The average Bonchev–Trinajstić information content (AvgIpc) is 2.64. The fourth-order valence-electron chi connectivity index (χ4n) is 3.83. The van der Waals surface area contributed by atoms with E-state index in [9.17, 15) is 4.39 Å². The van der Waals surface area contributed by atoms with Crippen molar-refractivity contribution >= 4 is 11.6 Å². The van der Waals surface area contributed by atoms with Crippen molar-refractivity contribution in [1.29, 1.82) is 0 Å². The smallest absolute Gasteiger partial charge is 0.141 e. The summed E-state index contributed by atoms with van der Waals surface area (Å²) in [6.07, 6.45) is 4.63. The standard InChI is InChI=1S/C15H20ClFN2/c1-9(10-2-5-15(17)14(16)6-10)19-12-3-4-13(19)8-11(18)7-12/h2,5-6,9,11-13H,3-4,7-8,18H2,1H3. The second-order valence-corrected chi connectivity index (χ2v) is 6.32. The summed E-state index contributed by atoms with van der Waals surface area (Å²) < 4.78 is 13.3. The maximum absolute atomic E-state index is 13.3. The van der Waals surface area contributed by atoms with Crippen molar-refractivity contribution in [1.82, 2.24) is 4.90 Å². The number of hydrogen-bond acceptors (Lipinski definition) is 2. The molecule has 2 aliphatic rings. The molecule has 0 aromatic heterocycles. The van der Waals surface area contributed by atoms with E-state index >= 15 is 0 Å². The first-order valence-electron chi connectivity index (χ1n) is 7.04. The minimum absolute atomic E-state index is 0.213. The second kappa shape index (κ2) is 5.04. The number of nitrogens with two attached hydrogens (primary N) is 1. The first kappa shape index (κ1) is 13.3. The normalized spacial score (nSPS) is 32.5. The monoisotopic (exact) mass is 282 g/mol. The van der Waals surface area contributed by atoms with Crippen LogP contribution in [0.1, 0.15) is 44.2 Å². The Hall–Kier alpha value is -0.640. The summed E-state index contributed by atoms with van der Waals surface area (Å²) >= 11 is 5.89. The number of benzene rings is 1. The summed E-state index contributed by atoms with van der Waals surface area (Å²) in [5, 5.41) is 0.213. The largest absolute Gasteiger partial charge is 0.328 e. The first-order valence-corrected chi connectivity index (χ1v) is 7.42. The lowest BCUT2D eigenvalue weighted by Gasteiger charge is -2.41. The van der Waals surface area contributed by atoms with Crippen LogP contribution in [0.3, 0.4) is 0 Å². The van der Waals surface area contributed by atoms with Crippen molar-refractivity contribution in [3.63, 3.8) is 0 Å². The zero-order chi connectivity index (χ0) is 13.6. The SMILES string of the molecule is CC(c1ccc(F)c(Cl)c1)N1C2CCC1CC(N)C2. The third-order valence-electron chi connectivity index (χ3n) is 4.70. The Morgan fingerprint density at radius 3 is 2.53 bits per heavy atom. The number of hydrogen-bond donors (Lipinski definition) is 1. The molecule has 0 amide bonds. The van der Waals surface area contributed by atoms with E-state index in [-0.39, 0.29) is 16.9 Å². The maximum atomic E-state index is 13.3. The molecule has 0 saturated carbocycles. The topological polar surface area (TPSA) is 29.3 Å². The van der Waals surface area contributed by atoms with E-state index in [0.717, 1.165) is 18.4 Å². The molecule has 2 bridgehead atoms. The van der Waals surface area contributed by atoms with Crippen LogP contribution in [0.15, 0.2) is 18.2 Å². The van der Waals surface area contributed by atoms with Gasteiger partial charge >= 0.3 is 0 Å². The highest BCUT2D eigenvalue weighted by Gasteiger charge is 2.42. The van der Waals surface area contributed by atoms with E-state index in [1.807, 2.05) is 6.07 Å². The third kappa shape index (κ3) is 2.39. The minimum atomic E-state index is -0.346. The van der Waals surface area contributed by atoms with Crippen LogP contribution in [0.25, 0.3) is 0 Å². The van der Waals surface area contributed by atoms with Gasteiger partial charge in [0.15, 0.2) is 0 Å². The molecule has 0 aliphatic carbocycles. The highest BCUT2D eigenvalue weighted by Crippen LogP contribution is 2.41. The van der Waals surface area contributed by atoms with Gasteiger partial charge in [0.1, 0.15) is 5.82 Å². The zero-order valence-electron chi connectivity index (χ0n) is 11.2. The van der Waals surface area contributed by atoms with Gasteiger partial charge in [0.2, 0.25) is 0 Å². The van der Waals surface area contributed by atoms with Gasteiger partial charge in [-0.05, 0) is 50.3 Å². The summed E-state index contributed by atoms with van der Waals surface area (Å²) in [5.74, 6) is -0.346. The Morgan fingerprint density at radius 1 is 1.32 bits per heavy atom.